The van der Waals surface area contributed by atoms with Crippen LogP contribution in [0.5, 0.6) is 11.5 Å². The quantitative estimate of drug-likeness (QED) is 0.320. The highest BCUT2D eigenvalue weighted by Crippen LogP contribution is 2.25. The minimum atomic E-state index is -0.362. The molecule has 0 saturated heterocycles. The van der Waals surface area contributed by atoms with Crippen molar-refractivity contribution in [1.82, 2.24) is 5.43 Å². The van der Waals surface area contributed by atoms with E-state index in [0.717, 1.165) is 21.9 Å². The summed E-state index contributed by atoms with van der Waals surface area (Å²) in [6.07, 6.45) is 1.54. The Kier molecular flexibility index (Phi) is 6.41. The second-order valence-corrected chi connectivity index (χ2v) is 7.09. The van der Waals surface area contributed by atoms with E-state index in [0.29, 0.717) is 17.1 Å². The maximum atomic E-state index is 13.2. The lowest BCUT2D eigenvalue weighted by molar-refractivity contribution is 0.0952. The lowest BCUT2D eigenvalue weighted by atomic mass is 10.1. The van der Waals surface area contributed by atoms with Crippen LogP contribution in [0.25, 0.3) is 10.8 Å². The van der Waals surface area contributed by atoms with Crippen LogP contribution in [0.15, 0.2) is 90.0 Å². The Morgan fingerprint density at radius 2 is 1.72 bits per heavy atom. The molecule has 4 aromatic carbocycles. The molecular weight excluding hydrogens is 407 g/mol. The Morgan fingerprint density at radius 3 is 2.44 bits per heavy atom. The third kappa shape index (κ3) is 5.10. The Balaban J connectivity index is 1.37. The van der Waals surface area contributed by atoms with E-state index >= 15 is 0 Å². The van der Waals surface area contributed by atoms with Gasteiger partial charge in [0.1, 0.15) is 23.9 Å². The molecule has 0 fully saturated rings. The van der Waals surface area contributed by atoms with Crippen molar-refractivity contribution in [2.24, 2.45) is 5.10 Å². The number of carbonyl (C=O) groups is 1. The smallest absolute Gasteiger partial charge is 0.275 e. The molecule has 4 aromatic rings. The summed E-state index contributed by atoms with van der Waals surface area (Å²) in [5.74, 6) is 0.479. The summed E-state index contributed by atoms with van der Waals surface area (Å²) in [7, 11) is 1.53. The predicted molar refractivity (Wildman–Crippen MR) is 123 cm³/mol. The zero-order chi connectivity index (χ0) is 22.3. The highest BCUT2D eigenvalue weighted by Gasteiger charge is 2.13. The van der Waals surface area contributed by atoms with Gasteiger partial charge < -0.3 is 9.47 Å². The molecule has 0 aliphatic carbocycles. The molecular formula is C26H21FN2O3. The van der Waals surface area contributed by atoms with E-state index < -0.39 is 0 Å². The van der Waals surface area contributed by atoms with Crippen molar-refractivity contribution in [1.29, 1.82) is 0 Å². The van der Waals surface area contributed by atoms with Crippen molar-refractivity contribution in [3.63, 3.8) is 0 Å². The first-order valence-corrected chi connectivity index (χ1v) is 10.00. The van der Waals surface area contributed by atoms with Crippen LogP contribution in [-0.4, -0.2) is 19.2 Å². The summed E-state index contributed by atoms with van der Waals surface area (Å²) >= 11 is 0. The topological polar surface area (TPSA) is 59.9 Å². The van der Waals surface area contributed by atoms with E-state index in [1.807, 2.05) is 42.5 Å². The van der Waals surface area contributed by atoms with Crippen LogP contribution >= 0.6 is 0 Å². The third-order valence-corrected chi connectivity index (χ3v) is 4.87. The van der Waals surface area contributed by atoms with Gasteiger partial charge in [0.15, 0.2) is 0 Å². The number of rotatable bonds is 7. The van der Waals surface area contributed by atoms with Crippen molar-refractivity contribution in [2.45, 2.75) is 6.61 Å². The maximum Gasteiger partial charge on any atom is 0.275 e. The van der Waals surface area contributed by atoms with Gasteiger partial charge in [-0.15, -0.1) is 0 Å². The van der Waals surface area contributed by atoms with Gasteiger partial charge in [-0.2, -0.15) is 5.10 Å². The average Bonchev–Trinajstić information content (AvgIpc) is 2.82. The van der Waals surface area contributed by atoms with Crippen LogP contribution in [0.3, 0.4) is 0 Å². The zero-order valence-corrected chi connectivity index (χ0v) is 17.4. The van der Waals surface area contributed by atoms with Gasteiger partial charge in [-0.05, 0) is 70.4 Å². The maximum absolute atomic E-state index is 13.2. The fourth-order valence-electron chi connectivity index (χ4n) is 3.23. The number of fused-ring (bicyclic) bond motifs is 1. The van der Waals surface area contributed by atoms with Crippen molar-refractivity contribution in [2.75, 3.05) is 7.11 Å². The van der Waals surface area contributed by atoms with Crippen molar-refractivity contribution in [3.05, 3.63) is 107 Å². The van der Waals surface area contributed by atoms with E-state index in [2.05, 4.69) is 10.5 Å². The van der Waals surface area contributed by atoms with Crippen LogP contribution in [0.1, 0.15) is 21.5 Å². The van der Waals surface area contributed by atoms with Crippen LogP contribution in [0.4, 0.5) is 4.39 Å². The molecule has 4 rings (SSSR count). The standard InChI is InChI=1S/C26H21FN2O3/c1-31-25-15-21-7-3-2-6-20(21)14-24(25)26(30)29-28-16-18-9-11-23(12-10-18)32-17-19-5-4-8-22(27)13-19/h2-16H,17H2,1H3,(H,29,30). The highest BCUT2D eigenvalue weighted by molar-refractivity contribution is 6.01. The average molecular weight is 428 g/mol. The first-order chi connectivity index (χ1) is 15.6. The number of amides is 1. The summed E-state index contributed by atoms with van der Waals surface area (Å²) in [6.45, 7) is 0.273. The van der Waals surface area contributed by atoms with E-state index in [1.54, 1.807) is 36.5 Å². The third-order valence-electron chi connectivity index (χ3n) is 4.87. The van der Waals surface area contributed by atoms with Crippen LogP contribution in [0.2, 0.25) is 0 Å². The van der Waals surface area contributed by atoms with Crippen LogP contribution in [0, 0.1) is 5.82 Å². The molecule has 0 bridgehead atoms. The fraction of sp³-hybridized carbons (Fsp3) is 0.0769. The molecule has 0 spiro atoms. The molecule has 0 aliphatic rings. The Morgan fingerprint density at radius 1 is 0.969 bits per heavy atom. The van der Waals surface area contributed by atoms with Gasteiger partial charge in [0.2, 0.25) is 0 Å². The largest absolute Gasteiger partial charge is 0.496 e. The number of hydrogen-bond acceptors (Lipinski definition) is 4. The lowest BCUT2D eigenvalue weighted by Crippen LogP contribution is -2.18. The summed E-state index contributed by atoms with van der Waals surface area (Å²) in [6, 6.07) is 24.8. The molecule has 0 atom stereocenters. The van der Waals surface area contributed by atoms with Gasteiger partial charge in [-0.25, -0.2) is 9.82 Å². The number of hydrogen-bond donors (Lipinski definition) is 1. The summed E-state index contributed by atoms with van der Waals surface area (Å²) in [4.78, 5) is 12.6. The monoisotopic (exact) mass is 428 g/mol. The van der Waals surface area contributed by atoms with Gasteiger partial charge in [-0.1, -0.05) is 36.4 Å². The molecule has 1 amide bonds. The molecule has 6 heteroatoms. The molecule has 5 nitrogen and oxygen atoms in total. The number of methoxy groups -OCH3 is 1. The number of halogens is 1. The number of hydrazone groups is 1. The molecule has 32 heavy (non-hydrogen) atoms. The number of nitrogens with one attached hydrogen (secondary N) is 1. The number of nitrogens with zero attached hydrogens (tertiary/aromatic N) is 1. The lowest BCUT2D eigenvalue weighted by Gasteiger charge is -2.09. The van der Waals surface area contributed by atoms with Gasteiger partial charge >= 0.3 is 0 Å². The second-order valence-electron chi connectivity index (χ2n) is 7.09. The molecule has 0 aliphatic heterocycles. The van der Waals surface area contributed by atoms with E-state index in [4.69, 9.17) is 9.47 Å². The minimum Gasteiger partial charge on any atom is -0.496 e. The predicted octanol–water partition coefficient (Wildman–Crippen LogP) is 5.33. The van der Waals surface area contributed by atoms with Crippen LogP contribution < -0.4 is 14.9 Å². The molecule has 0 aromatic heterocycles. The van der Waals surface area contributed by atoms with Gasteiger partial charge in [0.05, 0.1) is 18.9 Å². The first kappa shape index (κ1) is 21.1. The molecule has 0 heterocycles. The van der Waals surface area contributed by atoms with Crippen LogP contribution in [-0.2, 0) is 6.61 Å². The summed E-state index contributed by atoms with van der Waals surface area (Å²) in [5.41, 5.74) is 4.48. The molecule has 0 saturated carbocycles. The highest BCUT2D eigenvalue weighted by atomic mass is 19.1. The molecule has 0 unspecified atom stereocenters. The Hall–Kier alpha value is -4.19. The Labute approximate surface area is 185 Å². The molecule has 160 valence electrons. The molecule has 1 N–H and O–H groups in total. The number of ether oxygens (including phenoxy) is 2. The Bertz CT molecular complexity index is 1270. The minimum absolute atomic E-state index is 0.273. The first-order valence-electron chi connectivity index (χ1n) is 10.00. The van der Waals surface area contributed by atoms with Crippen molar-refractivity contribution < 1.29 is 18.7 Å². The SMILES string of the molecule is COc1cc2ccccc2cc1C(=O)NN=Cc1ccc(OCc2cccc(F)c2)cc1. The van der Waals surface area contributed by atoms with E-state index in [1.165, 1.54) is 19.2 Å². The van der Waals surface area contributed by atoms with Gasteiger partial charge in [0.25, 0.3) is 5.91 Å². The second kappa shape index (κ2) is 9.75. The number of benzene rings is 4. The number of carbonyl (C=O) groups excluding carboxylic acids is 1. The summed E-state index contributed by atoms with van der Waals surface area (Å²) < 4.78 is 24.3. The summed E-state index contributed by atoms with van der Waals surface area (Å²) in [5, 5.41) is 5.97. The fourth-order valence-corrected chi connectivity index (χ4v) is 3.23. The van der Waals surface area contributed by atoms with Gasteiger partial charge in [0, 0.05) is 0 Å². The van der Waals surface area contributed by atoms with E-state index in [9.17, 15) is 9.18 Å². The van der Waals surface area contributed by atoms with Crippen molar-refractivity contribution >= 4 is 22.9 Å². The normalized spacial score (nSPS) is 10.9. The van der Waals surface area contributed by atoms with E-state index in [-0.39, 0.29) is 18.3 Å². The van der Waals surface area contributed by atoms with Crippen molar-refractivity contribution in [3.8, 4) is 11.5 Å². The molecule has 0 radical (unpaired) electrons. The zero-order valence-electron chi connectivity index (χ0n) is 17.4. The van der Waals surface area contributed by atoms with Gasteiger partial charge in [-0.3, -0.25) is 4.79 Å².